The third kappa shape index (κ3) is 4.29. The van der Waals surface area contributed by atoms with Crippen molar-refractivity contribution in [3.63, 3.8) is 0 Å². The van der Waals surface area contributed by atoms with Gasteiger partial charge in [0.15, 0.2) is 0 Å². The summed E-state index contributed by atoms with van der Waals surface area (Å²) in [6, 6.07) is 18.9. The molecule has 1 heterocycles. The van der Waals surface area contributed by atoms with Crippen LogP contribution in [-0.2, 0) is 11.2 Å². The maximum atomic E-state index is 11.5. The molecule has 1 N–H and O–H groups in total. The Morgan fingerprint density at radius 1 is 1.08 bits per heavy atom. The molecule has 0 unspecified atom stereocenters. The fourth-order valence-electron chi connectivity index (χ4n) is 2.52. The van der Waals surface area contributed by atoms with Gasteiger partial charge in [-0.05, 0) is 53.3 Å². The molecule has 1 aromatic heterocycles. The highest BCUT2D eigenvalue weighted by molar-refractivity contribution is 7.11. The number of carbonyl (C=O) groups is 1. The molecule has 3 rings (SSSR count). The molecule has 0 amide bonds. The van der Waals surface area contributed by atoms with Crippen LogP contribution in [0.4, 0.5) is 0 Å². The van der Waals surface area contributed by atoms with Crippen LogP contribution in [0.5, 0.6) is 11.5 Å². The van der Waals surface area contributed by atoms with Crippen LogP contribution in [0, 0.1) is 0 Å². The van der Waals surface area contributed by atoms with E-state index in [1.807, 2.05) is 66.1 Å². The molecule has 4 heteroatoms. The van der Waals surface area contributed by atoms with E-state index in [1.54, 1.807) is 12.1 Å². The van der Waals surface area contributed by atoms with Crippen molar-refractivity contribution in [3.05, 3.63) is 94.7 Å². The number of thiophene rings is 1. The van der Waals surface area contributed by atoms with Gasteiger partial charge < -0.3 is 9.84 Å². The monoisotopic (exact) mass is 362 g/mol. The van der Waals surface area contributed by atoms with Gasteiger partial charge in [-0.3, -0.25) is 0 Å². The van der Waals surface area contributed by atoms with Gasteiger partial charge in [-0.25, -0.2) is 4.79 Å². The predicted molar refractivity (Wildman–Crippen MR) is 107 cm³/mol. The molecule has 0 saturated heterocycles. The zero-order valence-electron chi connectivity index (χ0n) is 14.1. The molecule has 0 atom stereocenters. The number of carboxylic acids is 1. The summed E-state index contributed by atoms with van der Waals surface area (Å²) in [6.07, 6.45) is 4.25. The number of aliphatic carboxylic acids is 1. The maximum Gasteiger partial charge on any atom is 0.337 e. The molecule has 26 heavy (non-hydrogen) atoms. The van der Waals surface area contributed by atoms with Gasteiger partial charge in [0.05, 0.1) is 5.57 Å². The summed E-state index contributed by atoms with van der Waals surface area (Å²) in [5.74, 6) is 0.554. The molecule has 0 aliphatic rings. The Morgan fingerprint density at radius 3 is 2.50 bits per heavy atom. The van der Waals surface area contributed by atoms with Crippen LogP contribution >= 0.6 is 11.3 Å². The highest BCUT2D eigenvalue weighted by Gasteiger charge is 2.11. The molecule has 0 saturated carbocycles. The van der Waals surface area contributed by atoms with E-state index in [0.717, 1.165) is 28.2 Å². The molecular weight excluding hydrogens is 344 g/mol. The number of carboxylic acid groups (broad SMARTS) is 1. The van der Waals surface area contributed by atoms with Gasteiger partial charge in [0.1, 0.15) is 11.5 Å². The van der Waals surface area contributed by atoms with Crippen molar-refractivity contribution < 1.29 is 14.6 Å². The van der Waals surface area contributed by atoms with Crippen molar-refractivity contribution >= 4 is 29.0 Å². The first kappa shape index (κ1) is 17.7. The van der Waals surface area contributed by atoms with Crippen LogP contribution in [0.1, 0.15) is 16.0 Å². The Hall–Kier alpha value is -3.11. The van der Waals surface area contributed by atoms with Crippen molar-refractivity contribution in [1.29, 1.82) is 0 Å². The van der Waals surface area contributed by atoms with Crippen molar-refractivity contribution in [1.82, 2.24) is 0 Å². The van der Waals surface area contributed by atoms with Gasteiger partial charge in [-0.2, -0.15) is 0 Å². The zero-order valence-corrected chi connectivity index (χ0v) is 14.9. The summed E-state index contributed by atoms with van der Waals surface area (Å²) in [6.45, 7) is 3.77. The van der Waals surface area contributed by atoms with Crippen LogP contribution in [0.15, 0.2) is 78.7 Å². The lowest BCUT2D eigenvalue weighted by Gasteiger charge is -2.10. The van der Waals surface area contributed by atoms with Crippen molar-refractivity contribution in [2.45, 2.75) is 6.42 Å². The summed E-state index contributed by atoms with van der Waals surface area (Å²) in [4.78, 5) is 12.2. The minimum absolute atomic E-state index is 0.282. The van der Waals surface area contributed by atoms with Crippen LogP contribution < -0.4 is 4.74 Å². The van der Waals surface area contributed by atoms with Crippen LogP contribution in [-0.4, -0.2) is 11.1 Å². The summed E-state index contributed by atoms with van der Waals surface area (Å²) in [5.41, 5.74) is 2.16. The Kier molecular flexibility index (Phi) is 5.66. The quantitative estimate of drug-likeness (QED) is 0.421. The number of para-hydroxylation sites is 1. The molecule has 0 bridgehead atoms. The molecule has 0 radical (unpaired) electrons. The second kappa shape index (κ2) is 8.32. The van der Waals surface area contributed by atoms with Crippen LogP contribution in [0.2, 0.25) is 0 Å². The first-order chi connectivity index (χ1) is 12.7. The number of rotatable bonds is 7. The standard InChI is InChI=1S/C22H18O3S/c1-2-6-17-7-3-4-8-20(17)25-18-12-10-16(11-13-18)15-19(22(23)24)21-9-5-14-26-21/h2-5,7-15H,1,6H2,(H,23,24)/b19-15-. The number of ether oxygens (including phenoxy) is 1. The summed E-state index contributed by atoms with van der Waals surface area (Å²) >= 11 is 1.41. The second-order valence-corrected chi connectivity index (χ2v) is 6.56. The van der Waals surface area contributed by atoms with Crippen molar-refractivity contribution in [2.24, 2.45) is 0 Å². The van der Waals surface area contributed by atoms with E-state index in [0.29, 0.717) is 5.75 Å². The molecule has 3 nitrogen and oxygen atoms in total. The van der Waals surface area contributed by atoms with Gasteiger partial charge in [0.2, 0.25) is 0 Å². The first-order valence-electron chi connectivity index (χ1n) is 8.13. The minimum Gasteiger partial charge on any atom is -0.478 e. The van der Waals surface area contributed by atoms with E-state index in [9.17, 15) is 9.90 Å². The predicted octanol–water partition coefficient (Wildman–Crippen LogP) is 5.89. The highest BCUT2D eigenvalue weighted by atomic mass is 32.1. The topological polar surface area (TPSA) is 46.5 Å². The fourth-order valence-corrected chi connectivity index (χ4v) is 3.26. The van der Waals surface area contributed by atoms with E-state index in [1.165, 1.54) is 11.3 Å². The number of benzene rings is 2. The Morgan fingerprint density at radius 2 is 1.85 bits per heavy atom. The van der Waals surface area contributed by atoms with E-state index in [2.05, 4.69) is 6.58 Å². The summed E-state index contributed by atoms with van der Waals surface area (Å²) < 4.78 is 5.96. The Balaban J connectivity index is 1.82. The molecule has 3 aromatic rings. The third-order valence-corrected chi connectivity index (χ3v) is 4.68. The van der Waals surface area contributed by atoms with Gasteiger partial charge >= 0.3 is 5.97 Å². The van der Waals surface area contributed by atoms with Gasteiger partial charge in [0, 0.05) is 4.88 Å². The SMILES string of the molecule is C=CCc1ccccc1Oc1ccc(/C=C(\C(=O)O)c2cccs2)cc1. The Bertz CT molecular complexity index is 922. The maximum absolute atomic E-state index is 11.5. The number of hydrogen-bond acceptors (Lipinski definition) is 3. The second-order valence-electron chi connectivity index (χ2n) is 5.61. The highest BCUT2D eigenvalue weighted by Crippen LogP contribution is 2.28. The molecule has 0 fully saturated rings. The smallest absolute Gasteiger partial charge is 0.337 e. The van der Waals surface area contributed by atoms with E-state index < -0.39 is 5.97 Å². The third-order valence-electron chi connectivity index (χ3n) is 3.77. The van der Waals surface area contributed by atoms with E-state index in [4.69, 9.17) is 4.74 Å². The molecular formula is C22H18O3S. The van der Waals surface area contributed by atoms with Gasteiger partial charge in [0.25, 0.3) is 0 Å². The number of hydrogen-bond donors (Lipinski definition) is 1. The summed E-state index contributed by atoms with van der Waals surface area (Å²) in [5, 5.41) is 11.3. The molecule has 130 valence electrons. The minimum atomic E-state index is -0.939. The fraction of sp³-hybridized carbons (Fsp3) is 0.0455. The average molecular weight is 362 g/mol. The average Bonchev–Trinajstić information content (AvgIpc) is 3.17. The lowest BCUT2D eigenvalue weighted by molar-refractivity contribution is -0.130. The van der Waals surface area contributed by atoms with Gasteiger partial charge in [-0.15, -0.1) is 17.9 Å². The van der Waals surface area contributed by atoms with Crippen LogP contribution in [0.25, 0.3) is 11.6 Å². The van der Waals surface area contributed by atoms with Crippen molar-refractivity contribution in [2.75, 3.05) is 0 Å². The molecule has 0 aliphatic heterocycles. The zero-order chi connectivity index (χ0) is 18.4. The summed E-state index contributed by atoms with van der Waals surface area (Å²) in [7, 11) is 0. The molecule has 2 aromatic carbocycles. The Labute approximate surface area is 156 Å². The van der Waals surface area contributed by atoms with E-state index in [-0.39, 0.29) is 5.57 Å². The van der Waals surface area contributed by atoms with Gasteiger partial charge in [-0.1, -0.05) is 42.5 Å². The first-order valence-corrected chi connectivity index (χ1v) is 9.01. The van der Waals surface area contributed by atoms with Crippen LogP contribution in [0.3, 0.4) is 0 Å². The normalized spacial score (nSPS) is 11.2. The van der Waals surface area contributed by atoms with Crippen molar-refractivity contribution in [3.8, 4) is 11.5 Å². The number of allylic oxidation sites excluding steroid dienone is 1. The van der Waals surface area contributed by atoms with E-state index >= 15 is 0 Å². The molecule has 0 spiro atoms. The lowest BCUT2D eigenvalue weighted by atomic mass is 10.1. The largest absolute Gasteiger partial charge is 0.478 e. The molecule has 0 aliphatic carbocycles. The lowest BCUT2D eigenvalue weighted by Crippen LogP contribution is -1.97.